The quantitative estimate of drug-likeness (QED) is 0.815. The topological polar surface area (TPSA) is 49.3 Å². The molecule has 0 amide bonds. The van der Waals surface area contributed by atoms with Crippen LogP contribution >= 0.6 is 15.9 Å². The van der Waals surface area contributed by atoms with Crippen molar-refractivity contribution in [2.45, 2.75) is 44.6 Å². The maximum absolute atomic E-state index is 11.7. The Morgan fingerprint density at radius 2 is 2.00 bits per heavy atom. The summed E-state index contributed by atoms with van der Waals surface area (Å²) in [6.07, 6.45) is 4.45. The average molecular weight is 326 g/mol. The molecule has 3 nitrogen and oxygen atoms in total. The fraction of sp³-hybridized carbons (Fsp3) is 0.533. The van der Waals surface area contributed by atoms with Crippen molar-refractivity contribution in [2.24, 2.45) is 5.92 Å². The number of carboxylic acid groups (broad SMARTS) is 1. The highest BCUT2D eigenvalue weighted by Gasteiger charge is 2.39. The van der Waals surface area contributed by atoms with Crippen LogP contribution in [0.25, 0.3) is 0 Å². The molecule has 1 aromatic carbocycles. The van der Waals surface area contributed by atoms with Crippen LogP contribution in [0.2, 0.25) is 0 Å². The molecular weight excluding hydrogens is 306 g/mol. The van der Waals surface area contributed by atoms with Crippen molar-refractivity contribution in [3.05, 3.63) is 28.7 Å². The van der Waals surface area contributed by atoms with Gasteiger partial charge in [-0.05, 0) is 49.4 Å². The summed E-state index contributed by atoms with van der Waals surface area (Å²) >= 11 is 3.39. The zero-order valence-electron chi connectivity index (χ0n) is 11.2. The Morgan fingerprint density at radius 1 is 1.32 bits per heavy atom. The zero-order valence-corrected chi connectivity index (χ0v) is 12.7. The predicted molar refractivity (Wildman–Crippen MR) is 80.4 cm³/mol. The van der Waals surface area contributed by atoms with E-state index in [2.05, 4.69) is 28.2 Å². The van der Waals surface area contributed by atoms with Gasteiger partial charge in [0.05, 0.1) is 0 Å². The summed E-state index contributed by atoms with van der Waals surface area (Å²) in [6, 6.07) is 7.70. The molecule has 0 aromatic heterocycles. The van der Waals surface area contributed by atoms with Gasteiger partial charge < -0.3 is 10.4 Å². The lowest BCUT2D eigenvalue weighted by Gasteiger charge is -2.30. The lowest BCUT2D eigenvalue weighted by Crippen LogP contribution is -2.46. The molecule has 0 saturated heterocycles. The van der Waals surface area contributed by atoms with Crippen molar-refractivity contribution >= 4 is 27.6 Å². The van der Waals surface area contributed by atoms with Crippen LogP contribution in [-0.4, -0.2) is 16.6 Å². The molecule has 104 valence electrons. The van der Waals surface area contributed by atoms with Gasteiger partial charge in [0.25, 0.3) is 0 Å². The van der Waals surface area contributed by atoms with Crippen molar-refractivity contribution in [1.29, 1.82) is 0 Å². The summed E-state index contributed by atoms with van der Waals surface area (Å²) in [5.74, 6) is -0.113. The van der Waals surface area contributed by atoms with Gasteiger partial charge >= 0.3 is 5.97 Å². The molecule has 0 spiro atoms. The maximum Gasteiger partial charge on any atom is 0.329 e. The third-order valence-electron chi connectivity index (χ3n) is 4.00. The Bertz CT molecular complexity index is 446. The predicted octanol–water partition coefficient (Wildman–Crippen LogP) is 4.28. The van der Waals surface area contributed by atoms with Crippen LogP contribution in [0.1, 0.15) is 39.0 Å². The molecule has 1 aliphatic carbocycles. The summed E-state index contributed by atoms with van der Waals surface area (Å²) in [5, 5.41) is 12.9. The number of benzene rings is 1. The first kappa shape index (κ1) is 14.4. The van der Waals surface area contributed by atoms with Gasteiger partial charge in [-0.1, -0.05) is 35.7 Å². The summed E-state index contributed by atoms with van der Waals surface area (Å²) in [6.45, 7) is 2.21. The largest absolute Gasteiger partial charge is 0.480 e. The van der Waals surface area contributed by atoms with E-state index in [4.69, 9.17) is 0 Å². The van der Waals surface area contributed by atoms with E-state index in [0.29, 0.717) is 18.8 Å². The summed E-state index contributed by atoms with van der Waals surface area (Å²) in [7, 11) is 0. The number of anilines is 1. The Hall–Kier alpha value is -1.03. The third kappa shape index (κ3) is 3.50. The number of nitrogens with one attached hydrogen (secondary N) is 1. The van der Waals surface area contributed by atoms with Crippen molar-refractivity contribution < 1.29 is 9.90 Å². The highest BCUT2D eigenvalue weighted by molar-refractivity contribution is 9.10. The van der Waals surface area contributed by atoms with Gasteiger partial charge in [-0.2, -0.15) is 0 Å². The Balaban J connectivity index is 2.19. The van der Waals surface area contributed by atoms with Crippen LogP contribution in [0, 0.1) is 5.92 Å². The van der Waals surface area contributed by atoms with E-state index in [0.717, 1.165) is 29.4 Å². The van der Waals surface area contributed by atoms with Crippen molar-refractivity contribution in [2.75, 3.05) is 5.32 Å². The molecule has 0 heterocycles. The van der Waals surface area contributed by atoms with Crippen molar-refractivity contribution in [3.63, 3.8) is 0 Å². The molecule has 1 aromatic rings. The summed E-state index contributed by atoms with van der Waals surface area (Å²) in [4.78, 5) is 11.7. The average Bonchev–Trinajstić information content (AvgIpc) is 2.56. The normalized spacial score (nSPS) is 27.6. The number of hydrogen-bond acceptors (Lipinski definition) is 2. The zero-order chi connectivity index (χ0) is 13.9. The van der Waals surface area contributed by atoms with E-state index >= 15 is 0 Å². The van der Waals surface area contributed by atoms with Gasteiger partial charge in [0.1, 0.15) is 5.54 Å². The van der Waals surface area contributed by atoms with E-state index in [1.165, 1.54) is 0 Å². The highest BCUT2D eigenvalue weighted by Crippen LogP contribution is 2.33. The molecular formula is C15H20BrNO2. The third-order valence-corrected chi connectivity index (χ3v) is 4.53. The van der Waals surface area contributed by atoms with Gasteiger partial charge in [0.2, 0.25) is 0 Å². The SMILES string of the molecule is CC1CCCC(Nc2ccc(Br)cc2)(C(=O)O)CC1. The number of aliphatic carboxylic acids is 1. The second kappa shape index (κ2) is 5.95. The molecule has 0 aliphatic heterocycles. The fourth-order valence-corrected chi connectivity index (χ4v) is 2.98. The van der Waals surface area contributed by atoms with Crippen LogP contribution < -0.4 is 5.32 Å². The number of carbonyl (C=O) groups is 1. The van der Waals surface area contributed by atoms with Crippen LogP contribution in [0.3, 0.4) is 0 Å². The molecule has 19 heavy (non-hydrogen) atoms. The van der Waals surface area contributed by atoms with Gasteiger partial charge in [0, 0.05) is 10.2 Å². The van der Waals surface area contributed by atoms with Crippen molar-refractivity contribution in [1.82, 2.24) is 0 Å². The number of carboxylic acids is 1. The molecule has 0 radical (unpaired) electrons. The molecule has 4 heteroatoms. The second-order valence-electron chi connectivity index (χ2n) is 5.56. The molecule has 1 aliphatic rings. The highest BCUT2D eigenvalue weighted by atomic mass is 79.9. The standard InChI is InChI=1S/C15H20BrNO2/c1-11-3-2-9-15(10-8-11,14(18)19)17-13-6-4-12(16)5-7-13/h4-7,11,17H,2-3,8-10H2,1H3,(H,18,19). The summed E-state index contributed by atoms with van der Waals surface area (Å²) < 4.78 is 0.997. The van der Waals surface area contributed by atoms with E-state index in [9.17, 15) is 9.90 Å². The first-order valence-electron chi connectivity index (χ1n) is 6.79. The minimum atomic E-state index is -0.807. The fourth-order valence-electron chi connectivity index (χ4n) is 2.72. The Morgan fingerprint density at radius 3 is 2.63 bits per heavy atom. The second-order valence-corrected chi connectivity index (χ2v) is 6.47. The molecule has 2 atom stereocenters. The first-order chi connectivity index (χ1) is 9.02. The van der Waals surface area contributed by atoms with E-state index in [1.54, 1.807) is 0 Å². The van der Waals surface area contributed by atoms with Crippen LogP contribution in [0.5, 0.6) is 0 Å². The lowest BCUT2D eigenvalue weighted by atomic mass is 9.89. The number of halogens is 1. The van der Waals surface area contributed by atoms with E-state index < -0.39 is 11.5 Å². The maximum atomic E-state index is 11.7. The smallest absolute Gasteiger partial charge is 0.329 e. The monoisotopic (exact) mass is 325 g/mol. The molecule has 0 bridgehead atoms. The van der Waals surface area contributed by atoms with Gasteiger partial charge in [-0.25, -0.2) is 4.79 Å². The van der Waals surface area contributed by atoms with Crippen LogP contribution in [-0.2, 0) is 4.79 Å². The van der Waals surface area contributed by atoms with Crippen LogP contribution in [0.4, 0.5) is 5.69 Å². The molecule has 2 N–H and O–H groups in total. The molecule has 1 saturated carbocycles. The Kier molecular flexibility index (Phi) is 4.50. The Labute approximate surface area is 122 Å². The minimum absolute atomic E-state index is 0.618. The van der Waals surface area contributed by atoms with E-state index in [-0.39, 0.29) is 0 Å². The van der Waals surface area contributed by atoms with Crippen LogP contribution in [0.15, 0.2) is 28.7 Å². The number of hydrogen-bond donors (Lipinski definition) is 2. The first-order valence-corrected chi connectivity index (χ1v) is 7.58. The summed E-state index contributed by atoms with van der Waals surface area (Å²) in [5.41, 5.74) is 0.0682. The molecule has 2 rings (SSSR count). The number of rotatable bonds is 3. The van der Waals surface area contributed by atoms with E-state index in [1.807, 2.05) is 24.3 Å². The molecule has 2 unspecified atom stereocenters. The lowest BCUT2D eigenvalue weighted by molar-refractivity contribution is -0.142. The van der Waals surface area contributed by atoms with Crippen molar-refractivity contribution in [3.8, 4) is 0 Å². The molecule has 1 fully saturated rings. The van der Waals surface area contributed by atoms with Gasteiger partial charge in [-0.3, -0.25) is 0 Å². The minimum Gasteiger partial charge on any atom is -0.480 e. The van der Waals surface area contributed by atoms with Gasteiger partial charge in [-0.15, -0.1) is 0 Å². The van der Waals surface area contributed by atoms with Gasteiger partial charge in [0.15, 0.2) is 0 Å².